The Morgan fingerprint density at radius 3 is 2.30 bits per heavy atom. The number of methoxy groups -OCH3 is 1. The summed E-state index contributed by atoms with van der Waals surface area (Å²) in [6.07, 6.45) is -0.324. The SMILES string of the molecule is COc1cccc([C@H](CC(=O)Oc2ccc([N+](=O)[O-])cc2)NS(=O)(=O)c2ccc(C)cc2)c1. The standard InChI is InChI=1S/C23H22N2O7S/c1-16-6-12-21(13-7-16)33(29,30)24-22(17-4-3-5-20(14-17)31-2)15-23(26)32-19-10-8-18(9-11-19)25(27)28/h3-14,22,24H,15H2,1-2H3/t22-/m0/s1. The Hall–Kier alpha value is -3.76. The monoisotopic (exact) mass is 470 g/mol. The number of carbonyl (C=O) groups excluding carboxylic acids is 1. The summed E-state index contributed by atoms with van der Waals surface area (Å²) in [6.45, 7) is 1.84. The van der Waals surface area contributed by atoms with Gasteiger partial charge in [-0.1, -0.05) is 29.8 Å². The second kappa shape index (κ2) is 10.2. The second-order valence-corrected chi connectivity index (χ2v) is 8.91. The molecule has 1 atom stereocenters. The molecule has 0 heterocycles. The lowest BCUT2D eigenvalue weighted by Crippen LogP contribution is -2.31. The highest BCUT2D eigenvalue weighted by Gasteiger charge is 2.25. The number of hydrogen-bond acceptors (Lipinski definition) is 7. The van der Waals surface area contributed by atoms with E-state index in [2.05, 4.69) is 4.72 Å². The highest BCUT2D eigenvalue weighted by Crippen LogP contribution is 2.26. The molecule has 172 valence electrons. The molecule has 3 aromatic rings. The molecule has 1 N–H and O–H groups in total. The number of hydrogen-bond donors (Lipinski definition) is 1. The Morgan fingerprint density at radius 2 is 1.70 bits per heavy atom. The van der Waals surface area contributed by atoms with E-state index in [1.807, 2.05) is 6.92 Å². The van der Waals surface area contributed by atoms with Gasteiger partial charge < -0.3 is 9.47 Å². The molecule has 0 aliphatic rings. The smallest absolute Gasteiger partial charge is 0.313 e. The summed E-state index contributed by atoms with van der Waals surface area (Å²) < 4.78 is 39.0. The Labute approximate surface area is 191 Å². The zero-order chi connectivity index (χ0) is 24.0. The lowest BCUT2D eigenvalue weighted by Gasteiger charge is -2.19. The number of carbonyl (C=O) groups is 1. The van der Waals surface area contributed by atoms with Gasteiger partial charge in [0.2, 0.25) is 10.0 Å². The number of sulfonamides is 1. The zero-order valence-corrected chi connectivity index (χ0v) is 18.7. The van der Waals surface area contributed by atoms with Crippen LogP contribution in [0.5, 0.6) is 11.5 Å². The number of rotatable bonds is 9. The lowest BCUT2D eigenvalue weighted by molar-refractivity contribution is -0.384. The maximum absolute atomic E-state index is 13.0. The Kier molecular flexibility index (Phi) is 7.41. The molecule has 0 radical (unpaired) electrons. The fourth-order valence-corrected chi connectivity index (χ4v) is 4.26. The summed E-state index contributed by atoms with van der Waals surface area (Å²) in [5.41, 5.74) is 1.27. The minimum absolute atomic E-state index is 0.0599. The van der Waals surface area contributed by atoms with Gasteiger partial charge in [0.15, 0.2) is 0 Å². The third-order valence-electron chi connectivity index (χ3n) is 4.77. The number of nitrogens with zero attached hydrogens (tertiary/aromatic N) is 1. The van der Waals surface area contributed by atoms with Crippen LogP contribution in [0.2, 0.25) is 0 Å². The molecule has 3 rings (SSSR count). The van der Waals surface area contributed by atoms with E-state index in [0.29, 0.717) is 11.3 Å². The Bertz CT molecular complexity index is 1240. The van der Waals surface area contributed by atoms with Gasteiger partial charge in [-0.05, 0) is 48.9 Å². The molecular weight excluding hydrogens is 448 g/mol. The molecule has 10 heteroatoms. The van der Waals surface area contributed by atoms with E-state index in [0.717, 1.165) is 5.56 Å². The maximum atomic E-state index is 13.0. The topological polar surface area (TPSA) is 125 Å². The quantitative estimate of drug-likeness (QED) is 0.217. The largest absolute Gasteiger partial charge is 0.497 e. The molecule has 33 heavy (non-hydrogen) atoms. The number of ether oxygens (including phenoxy) is 2. The van der Waals surface area contributed by atoms with Gasteiger partial charge in [0.1, 0.15) is 11.5 Å². The van der Waals surface area contributed by atoms with Crippen molar-refractivity contribution in [1.82, 2.24) is 4.72 Å². The van der Waals surface area contributed by atoms with Gasteiger partial charge in [-0.2, -0.15) is 0 Å². The maximum Gasteiger partial charge on any atom is 0.313 e. The zero-order valence-electron chi connectivity index (χ0n) is 17.9. The van der Waals surface area contributed by atoms with Crippen molar-refractivity contribution in [1.29, 1.82) is 0 Å². The van der Waals surface area contributed by atoms with Crippen molar-refractivity contribution in [3.8, 4) is 11.5 Å². The van der Waals surface area contributed by atoms with Crippen molar-refractivity contribution in [2.45, 2.75) is 24.3 Å². The van der Waals surface area contributed by atoms with Gasteiger partial charge in [0, 0.05) is 12.1 Å². The average Bonchev–Trinajstić information content (AvgIpc) is 2.79. The van der Waals surface area contributed by atoms with Crippen molar-refractivity contribution in [3.05, 3.63) is 94.0 Å². The van der Waals surface area contributed by atoms with Crippen molar-refractivity contribution in [3.63, 3.8) is 0 Å². The van der Waals surface area contributed by atoms with Crippen LogP contribution in [-0.4, -0.2) is 26.4 Å². The molecule has 3 aromatic carbocycles. The van der Waals surface area contributed by atoms with Crippen molar-refractivity contribution >= 4 is 21.7 Å². The number of nitrogens with one attached hydrogen (secondary N) is 1. The second-order valence-electron chi connectivity index (χ2n) is 7.19. The fourth-order valence-electron chi connectivity index (χ4n) is 3.03. The van der Waals surface area contributed by atoms with Gasteiger partial charge in [0.05, 0.1) is 29.4 Å². The van der Waals surface area contributed by atoms with Crippen molar-refractivity contribution in [2.24, 2.45) is 0 Å². The van der Waals surface area contributed by atoms with Crippen LogP contribution in [0.25, 0.3) is 0 Å². The predicted molar refractivity (Wildman–Crippen MR) is 121 cm³/mol. The predicted octanol–water partition coefficient (Wildman–Crippen LogP) is 3.93. The fraction of sp³-hybridized carbons (Fsp3) is 0.174. The minimum atomic E-state index is -3.95. The van der Waals surface area contributed by atoms with Gasteiger partial charge >= 0.3 is 5.97 Å². The molecule has 9 nitrogen and oxygen atoms in total. The summed E-state index contributed by atoms with van der Waals surface area (Å²) in [6, 6.07) is 17.1. The minimum Gasteiger partial charge on any atom is -0.497 e. The first-order valence-electron chi connectivity index (χ1n) is 9.86. The van der Waals surface area contributed by atoms with Crippen LogP contribution >= 0.6 is 0 Å². The van der Waals surface area contributed by atoms with E-state index >= 15 is 0 Å². The Balaban J connectivity index is 1.84. The summed E-state index contributed by atoms with van der Waals surface area (Å²) in [5, 5.41) is 10.8. The number of benzene rings is 3. The van der Waals surface area contributed by atoms with Crippen LogP contribution in [0, 0.1) is 17.0 Å². The highest BCUT2D eigenvalue weighted by atomic mass is 32.2. The van der Waals surface area contributed by atoms with Gasteiger partial charge in [-0.3, -0.25) is 14.9 Å². The first-order chi connectivity index (χ1) is 15.7. The van der Waals surface area contributed by atoms with Gasteiger partial charge in [-0.25, -0.2) is 13.1 Å². The van der Waals surface area contributed by atoms with Gasteiger partial charge in [0.25, 0.3) is 5.69 Å². The molecular formula is C23H22N2O7S. The summed E-state index contributed by atoms with van der Waals surface area (Å²) in [5.74, 6) is -0.115. The summed E-state index contributed by atoms with van der Waals surface area (Å²) in [7, 11) is -2.47. The van der Waals surface area contributed by atoms with Crippen molar-refractivity contribution in [2.75, 3.05) is 7.11 Å². The third kappa shape index (κ3) is 6.37. The molecule has 0 aromatic heterocycles. The number of non-ortho nitro benzene ring substituents is 1. The van der Waals surface area contributed by atoms with Crippen LogP contribution in [0.3, 0.4) is 0 Å². The summed E-state index contributed by atoms with van der Waals surface area (Å²) in [4.78, 5) is 22.9. The molecule has 0 saturated carbocycles. The van der Waals surface area contributed by atoms with Crippen LogP contribution in [0.1, 0.15) is 23.6 Å². The highest BCUT2D eigenvalue weighted by molar-refractivity contribution is 7.89. The molecule has 0 fully saturated rings. The van der Waals surface area contributed by atoms with Crippen molar-refractivity contribution < 1.29 is 27.6 Å². The molecule has 0 saturated heterocycles. The number of aryl methyl sites for hydroxylation is 1. The van der Waals surface area contributed by atoms with E-state index in [-0.39, 0.29) is 22.8 Å². The van der Waals surface area contributed by atoms with Crippen LogP contribution in [0.15, 0.2) is 77.7 Å². The first kappa shape index (κ1) is 23.9. The van der Waals surface area contributed by atoms with Crippen LogP contribution in [0.4, 0.5) is 5.69 Å². The van der Waals surface area contributed by atoms with E-state index in [4.69, 9.17) is 9.47 Å². The number of nitro benzene ring substituents is 1. The molecule has 0 amide bonds. The number of nitro groups is 1. The first-order valence-corrected chi connectivity index (χ1v) is 11.3. The molecule has 0 unspecified atom stereocenters. The molecule has 0 bridgehead atoms. The Morgan fingerprint density at radius 1 is 1.03 bits per heavy atom. The van der Waals surface area contributed by atoms with Gasteiger partial charge in [-0.15, -0.1) is 0 Å². The molecule has 0 spiro atoms. The molecule has 0 aliphatic heterocycles. The third-order valence-corrected chi connectivity index (χ3v) is 6.26. The van der Waals surface area contributed by atoms with E-state index in [9.17, 15) is 23.3 Å². The lowest BCUT2D eigenvalue weighted by atomic mass is 10.0. The average molecular weight is 471 g/mol. The van der Waals surface area contributed by atoms with Crippen LogP contribution < -0.4 is 14.2 Å². The summed E-state index contributed by atoms with van der Waals surface area (Å²) >= 11 is 0. The number of esters is 1. The molecule has 0 aliphatic carbocycles. The van der Waals surface area contributed by atoms with E-state index in [1.165, 1.54) is 43.5 Å². The normalized spacial score (nSPS) is 12.1. The van der Waals surface area contributed by atoms with E-state index < -0.39 is 27.0 Å². The van der Waals surface area contributed by atoms with E-state index in [1.54, 1.807) is 36.4 Å². The van der Waals surface area contributed by atoms with Crippen LogP contribution in [-0.2, 0) is 14.8 Å².